The van der Waals surface area contributed by atoms with Crippen LogP contribution in [0.15, 0.2) is 33.7 Å². The van der Waals surface area contributed by atoms with Crippen LogP contribution in [0.5, 0.6) is 0 Å². The third-order valence-electron chi connectivity index (χ3n) is 2.72. The number of benzene rings is 1. The fourth-order valence-electron chi connectivity index (χ4n) is 1.72. The molecule has 0 aliphatic carbocycles. The van der Waals surface area contributed by atoms with Crippen molar-refractivity contribution in [3.8, 4) is 0 Å². The number of nitro groups is 1. The molecule has 0 bridgehead atoms. The molecule has 9 heteroatoms. The summed E-state index contributed by atoms with van der Waals surface area (Å²) in [5, 5.41) is 17.6. The lowest BCUT2D eigenvalue weighted by Gasteiger charge is -2.06. The van der Waals surface area contributed by atoms with Gasteiger partial charge in [0.15, 0.2) is 15.6 Å². The van der Waals surface area contributed by atoms with Gasteiger partial charge in [0.05, 0.1) is 22.1 Å². The van der Waals surface area contributed by atoms with Crippen LogP contribution < -0.4 is 5.32 Å². The summed E-state index contributed by atoms with van der Waals surface area (Å²) in [5.41, 5.74) is 0.601. The summed E-state index contributed by atoms with van der Waals surface area (Å²) in [6, 6.07) is 5.40. The number of nitrogens with one attached hydrogen (secondary N) is 1. The minimum Gasteiger partial charge on any atom is -0.372 e. The van der Waals surface area contributed by atoms with Crippen molar-refractivity contribution in [2.45, 2.75) is 18.4 Å². The van der Waals surface area contributed by atoms with Gasteiger partial charge in [-0.25, -0.2) is 8.42 Å². The number of anilines is 1. The summed E-state index contributed by atoms with van der Waals surface area (Å²) in [6.07, 6.45) is 0.996. The molecule has 2 aromatic rings. The normalized spacial score (nSPS) is 11.3. The monoisotopic (exact) mass is 311 g/mol. The lowest BCUT2D eigenvalue weighted by atomic mass is 10.2. The Kier molecular flexibility index (Phi) is 3.94. The van der Waals surface area contributed by atoms with Gasteiger partial charge < -0.3 is 9.84 Å². The van der Waals surface area contributed by atoms with E-state index in [9.17, 15) is 18.5 Å². The molecule has 0 saturated carbocycles. The Bertz CT molecular complexity index is 782. The van der Waals surface area contributed by atoms with E-state index in [2.05, 4.69) is 10.5 Å². The van der Waals surface area contributed by atoms with Gasteiger partial charge in [-0.05, 0) is 19.1 Å². The van der Waals surface area contributed by atoms with Gasteiger partial charge in [0.2, 0.25) is 0 Å². The summed E-state index contributed by atoms with van der Waals surface area (Å²) in [6.45, 7) is 1.97. The summed E-state index contributed by atoms with van der Waals surface area (Å²) in [4.78, 5) is 10.3. The molecular formula is C12H13N3O5S. The number of hydrogen-bond donors (Lipinski definition) is 1. The fourth-order valence-corrected chi connectivity index (χ4v) is 2.37. The number of aromatic nitrogens is 1. The molecule has 1 heterocycles. The standard InChI is InChI=1S/C12H13N3O5S/c1-8-5-9(20-14-8)7-13-11-4-3-10(21(2,18)19)6-12(11)15(16)17/h3-6,13H,7H2,1-2H3. The number of hydrogen-bond acceptors (Lipinski definition) is 7. The summed E-state index contributed by atoms with van der Waals surface area (Å²) < 4.78 is 27.9. The predicted octanol–water partition coefficient (Wildman–Crippen LogP) is 1.91. The zero-order valence-electron chi connectivity index (χ0n) is 11.4. The number of rotatable bonds is 5. The average molecular weight is 311 g/mol. The highest BCUT2D eigenvalue weighted by molar-refractivity contribution is 7.90. The van der Waals surface area contributed by atoms with E-state index in [1.54, 1.807) is 13.0 Å². The van der Waals surface area contributed by atoms with Crippen molar-refractivity contribution in [3.63, 3.8) is 0 Å². The highest BCUT2D eigenvalue weighted by atomic mass is 32.2. The van der Waals surface area contributed by atoms with E-state index in [1.807, 2.05) is 0 Å². The van der Waals surface area contributed by atoms with Crippen molar-refractivity contribution in [2.24, 2.45) is 0 Å². The van der Waals surface area contributed by atoms with Crippen LogP contribution in [0.4, 0.5) is 11.4 Å². The SMILES string of the molecule is Cc1cc(CNc2ccc(S(C)(=O)=O)cc2[N+](=O)[O-])on1. The summed E-state index contributed by atoms with van der Waals surface area (Å²) in [7, 11) is -3.50. The van der Waals surface area contributed by atoms with Crippen molar-refractivity contribution in [3.05, 3.63) is 45.8 Å². The van der Waals surface area contributed by atoms with Gasteiger partial charge in [0, 0.05) is 18.4 Å². The first kappa shape index (κ1) is 15.0. The Balaban J connectivity index is 2.28. The van der Waals surface area contributed by atoms with E-state index in [0.29, 0.717) is 11.5 Å². The molecule has 1 aromatic carbocycles. The van der Waals surface area contributed by atoms with Gasteiger partial charge in [-0.2, -0.15) is 0 Å². The molecule has 0 spiro atoms. The molecule has 0 atom stereocenters. The van der Waals surface area contributed by atoms with Crippen molar-refractivity contribution < 1.29 is 17.9 Å². The largest absolute Gasteiger partial charge is 0.372 e. The third kappa shape index (κ3) is 3.57. The van der Waals surface area contributed by atoms with Crippen LogP contribution in [0.25, 0.3) is 0 Å². The van der Waals surface area contributed by atoms with Crippen LogP contribution in [0, 0.1) is 17.0 Å². The first-order valence-corrected chi connectivity index (χ1v) is 7.81. The number of sulfone groups is 1. The number of aryl methyl sites for hydroxylation is 1. The quantitative estimate of drug-likeness (QED) is 0.662. The van der Waals surface area contributed by atoms with E-state index in [0.717, 1.165) is 12.3 Å². The smallest absolute Gasteiger partial charge is 0.293 e. The maximum absolute atomic E-state index is 11.4. The first-order chi connectivity index (χ1) is 9.77. The lowest BCUT2D eigenvalue weighted by molar-refractivity contribution is -0.384. The minimum atomic E-state index is -3.50. The highest BCUT2D eigenvalue weighted by Crippen LogP contribution is 2.28. The summed E-state index contributed by atoms with van der Waals surface area (Å²) in [5.74, 6) is 0.522. The van der Waals surface area contributed by atoms with Crippen molar-refractivity contribution in [1.82, 2.24) is 5.16 Å². The zero-order chi connectivity index (χ0) is 15.6. The van der Waals surface area contributed by atoms with Crippen LogP contribution in [-0.4, -0.2) is 24.8 Å². The molecular weight excluding hydrogens is 298 g/mol. The Hall–Kier alpha value is -2.42. The minimum absolute atomic E-state index is 0.102. The van der Waals surface area contributed by atoms with E-state index in [1.165, 1.54) is 12.1 Å². The van der Waals surface area contributed by atoms with Crippen LogP contribution >= 0.6 is 0 Å². The third-order valence-corrected chi connectivity index (χ3v) is 3.83. The lowest BCUT2D eigenvalue weighted by Crippen LogP contribution is -2.04. The molecule has 0 amide bonds. The molecule has 1 aromatic heterocycles. The number of nitrogens with zero attached hydrogens (tertiary/aromatic N) is 2. The molecule has 1 N–H and O–H groups in total. The van der Waals surface area contributed by atoms with Gasteiger partial charge in [-0.3, -0.25) is 10.1 Å². The topological polar surface area (TPSA) is 115 Å². The molecule has 0 saturated heterocycles. The maximum Gasteiger partial charge on any atom is 0.293 e. The Morgan fingerprint density at radius 1 is 1.38 bits per heavy atom. The zero-order valence-corrected chi connectivity index (χ0v) is 12.2. The molecule has 112 valence electrons. The van der Waals surface area contributed by atoms with Crippen molar-refractivity contribution >= 4 is 21.2 Å². The van der Waals surface area contributed by atoms with Gasteiger partial charge >= 0.3 is 0 Å². The van der Waals surface area contributed by atoms with Crippen LogP contribution in [0.3, 0.4) is 0 Å². The van der Waals surface area contributed by atoms with Crippen LogP contribution in [0.2, 0.25) is 0 Å². The Labute approximate surface area is 120 Å². The van der Waals surface area contributed by atoms with Gasteiger partial charge in [-0.1, -0.05) is 5.16 Å². The molecule has 0 unspecified atom stereocenters. The fraction of sp³-hybridized carbons (Fsp3) is 0.250. The first-order valence-electron chi connectivity index (χ1n) is 5.92. The van der Waals surface area contributed by atoms with Gasteiger partial charge in [0.1, 0.15) is 5.69 Å². The van der Waals surface area contributed by atoms with E-state index in [4.69, 9.17) is 4.52 Å². The van der Waals surface area contributed by atoms with E-state index >= 15 is 0 Å². The van der Waals surface area contributed by atoms with Crippen LogP contribution in [0.1, 0.15) is 11.5 Å². The molecule has 0 aliphatic rings. The van der Waals surface area contributed by atoms with Crippen molar-refractivity contribution in [1.29, 1.82) is 0 Å². The van der Waals surface area contributed by atoms with Crippen molar-refractivity contribution in [2.75, 3.05) is 11.6 Å². The number of nitro benzene ring substituents is 1. The van der Waals surface area contributed by atoms with E-state index < -0.39 is 14.8 Å². The Morgan fingerprint density at radius 2 is 2.10 bits per heavy atom. The van der Waals surface area contributed by atoms with Gasteiger partial charge in [0.25, 0.3) is 5.69 Å². The molecule has 2 rings (SSSR count). The second kappa shape index (κ2) is 5.52. The molecule has 8 nitrogen and oxygen atoms in total. The second-order valence-corrected chi connectivity index (χ2v) is 6.51. The molecule has 0 radical (unpaired) electrons. The predicted molar refractivity (Wildman–Crippen MR) is 74.8 cm³/mol. The molecule has 21 heavy (non-hydrogen) atoms. The summed E-state index contributed by atoms with van der Waals surface area (Å²) >= 11 is 0. The van der Waals surface area contributed by atoms with Crippen LogP contribution in [-0.2, 0) is 16.4 Å². The average Bonchev–Trinajstić information content (AvgIpc) is 2.80. The molecule has 0 fully saturated rings. The molecule has 0 aliphatic heterocycles. The van der Waals surface area contributed by atoms with E-state index in [-0.39, 0.29) is 22.8 Å². The van der Waals surface area contributed by atoms with Gasteiger partial charge in [-0.15, -0.1) is 0 Å². The maximum atomic E-state index is 11.4. The Morgan fingerprint density at radius 3 is 2.62 bits per heavy atom. The second-order valence-electron chi connectivity index (χ2n) is 4.50. The highest BCUT2D eigenvalue weighted by Gasteiger charge is 2.18.